The summed E-state index contributed by atoms with van der Waals surface area (Å²) in [7, 11) is 2.61. The molecule has 1 aromatic rings. The fourth-order valence-corrected chi connectivity index (χ4v) is 1.88. The van der Waals surface area contributed by atoms with E-state index in [4.69, 9.17) is 9.57 Å². The normalized spacial score (nSPS) is 12.5. The maximum absolute atomic E-state index is 13.8. The smallest absolute Gasteiger partial charge is 0.408 e. The Hall–Kier alpha value is -2.22. The number of nitrogens with zero attached hydrogens (tertiary/aromatic N) is 1. The van der Waals surface area contributed by atoms with Gasteiger partial charge in [0.2, 0.25) is 0 Å². The highest BCUT2D eigenvalue weighted by Gasteiger charge is 2.28. The van der Waals surface area contributed by atoms with Gasteiger partial charge in [-0.2, -0.15) is 0 Å². The van der Waals surface area contributed by atoms with Gasteiger partial charge in [-0.1, -0.05) is 0 Å². The van der Waals surface area contributed by atoms with E-state index in [0.29, 0.717) is 0 Å². The third-order valence-corrected chi connectivity index (χ3v) is 3.01. The standard InChI is InChI=1S/C16H22F2N2O4/c1-16(2,3)24-15(22)19-13(14(21)20(4)23-5)9-10-8-11(17)6-7-12(10)18/h6-8,13H,9H2,1-5H3,(H,19,22). The van der Waals surface area contributed by atoms with Crippen LogP contribution in [0, 0.1) is 11.6 Å². The second-order valence-corrected chi connectivity index (χ2v) is 6.16. The molecule has 0 bridgehead atoms. The van der Waals surface area contributed by atoms with Crippen molar-refractivity contribution >= 4 is 12.0 Å². The molecule has 6 nitrogen and oxygen atoms in total. The summed E-state index contributed by atoms with van der Waals surface area (Å²) in [5, 5.41) is 3.25. The zero-order valence-corrected chi connectivity index (χ0v) is 14.4. The number of carbonyl (C=O) groups excluding carboxylic acids is 2. The fraction of sp³-hybridized carbons (Fsp3) is 0.500. The van der Waals surface area contributed by atoms with Crippen molar-refractivity contribution < 1.29 is 27.9 Å². The quantitative estimate of drug-likeness (QED) is 0.833. The lowest BCUT2D eigenvalue weighted by molar-refractivity contribution is -0.171. The molecule has 0 radical (unpaired) electrons. The van der Waals surface area contributed by atoms with E-state index in [2.05, 4.69) is 5.32 Å². The van der Waals surface area contributed by atoms with Gasteiger partial charge < -0.3 is 10.1 Å². The molecule has 1 rings (SSSR count). The van der Waals surface area contributed by atoms with Crippen molar-refractivity contribution in [1.29, 1.82) is 0 Å². The predicted molar refractivity (Wildman–Crippen MR) is 83.0 cm³/mol. The van der Waals surface area contributed by atoms with Crippen molar-refractivity contribution in [2.75, 3.05) is 14.2 Å². The molecule has 0 aliphatic carbocycles. The Morgan fingerprint density at radius 2 is 1.92 bits per heavy atom. The highest BCUT2D eigenvalue weighted by Crippen LogP contribution is 2.14. The Labute approximate surface area is 139 Å². The zero-order valence-electron chi connectivity index (χ0n) is 14.4. The number of rotatable bonds is 5. The number of hydroxylamine groups is 2. The van der Waals surface area contributed by atoms with Gasteiger partial charge in [0, 0.05) is 13.5 Å². The van der Waals surface area contributed by atoms with Crippen LogP contribution in [0.5, 0.6) is 0 Å². The van der Waals surface area contributed by atoms with Gasteiger partial charge in [-0.05, 0) is 44.5 Å². The number of ether oxygens (including phenoxy) is 1. The summed E-state index contributed by atoms with van der Waals surface area (Å²) in [6.07, 6.45) is -1.10. The Morgan fingerprint density at radius 3 is 2.46 bits per heavy atom. The van der Waals surface area contributed by atoms with Crippen LogP contribution >= 0.6 is 0 Å². The first-order valence-electron chi connectivity index (χ1n) is 7.28. The molecule has 0 spiro atoms. The lowest BCUT2D eigenvalue weighted by Gasteiger charge is -2.25. The number of likely N-dealkylation sites (N-methyl/N-ethyl adjacent to an activating group) is 1. The Balaban J connectivity index is 2.99. The molecule has 0 fully saturated rings. The van der Waals surface area contributed by atoms with E-state index in [9.17, 15) is 18.4 Å². The van der Waals surface area contributed by atoms with Gasteiger partial charge in [-0.3, -0.25) is 9.63 Å². The van der Waals surface area contributed by atoms with Crippen molar-refractivity contribution in [1.82, 2.24) is 10.4 Å². The molecule has 0 saturated heterocycles. The number of carbonyl (C=O) groups is 2. The lowest BCUT2D eigenvalue weighted by atomic mass is 10.0. The van der Waals surface area contributed by atoms with Gasteiger partial charge in [0.1, 0.15) is 23.3 Å². The first kappa shape index (κ1) is 19.8. The molecule has 24 heavy (non-hydrogen) atoms. The zero-order chi connectivity index (χ0) is 18.5. The average molecular weight is 344 g/mol. The second-order valence-electron chi connectivity index (χ2n) is 6.16. The number of benzene rings is 1. The molecule has 134 valence electrons. The van der Waals surface area contributed by atoms with Crippen molar-refractivity contribution in [2.24, 2.45) is 0 Å². The van der Waals surface area contributed by atoms with Gasteiger partial charge in [0.15, 0.2) is 0 Å². The summed E-state index contributed by atoms with van der Waals surface area (Å²) in [6, 6.07) is 1.72. The minimum Gasteiger partial charge on any atom is -0.444 e. The van der Waals surface area contributed by atoms with Crippen molar-refractivity contribution in [3.63, 3.8) is 0 Å². The van der Waals surface area contributed by atoms with E-state index >= 15 is 0 Å². The number of nitrogens with one attached hydrogen (secondary N) is 1. The van der Waals surface area contributed by atoms with Crippen molar-refractivity contribution in [3.05, 3.63) is 35.4 Å². The highest BCUT2D eigenvalue weighted by atomic mass is 19.1. The van der Waals surface area contributed by atoms with E-state index in [1.807, 2.05) is 0 Å². The topological polar surface area (TPSA) is 67.9 Å². The molecule has 1 atom stereocenters. The molecule has 0 heterocycles. The molecule has 0 aliphatic rings. The third-order valence-electron chi connectivity index (χ3n) is 3.01. The van der Waals surface area contributed by atoms with Crippen LogP contribution < -0.4 is 5.32 Å². The molecular formula is C16H22F2N2O4. The van der Waals surface area contributed by atoms with Crippen LogP contribution in [0.3, 0.4) is 0 Å². The monoisotopic (exact) mass is 344 g/mol. The molecular weight excluding hydrogens is 322 g/mol. The van der Waals surface area contributed by atoms with Crippen molar-refractivity contribution in [2.45, 2.75) is 38.8 Å². The first-order chi connectivity index (χ1) is 11.0. The Kier molecular flexibility index (Phi) is 6.65. The maximum atomic E-state index is 13.8. The van der Waals surface area contributed by atoms with Gasteiger partial charge in [0.25, 0.3) is 5.91 Å². The molecule has 2 amide bonds. The average Bonchev–Trinajstić information content (AvgIpc) is 2.46. The van der Waals surface area contributed by atoms with E-state index < -0.39 is 35.3 Å². The van der Waals surface area contributed by atoms with Gasteiger partial charge in [-0.15, -0.1) is 0 Å². The number of amides is 2. The summed E-state index contributed by atoms with van der Waals surface area (Å²) in [5.41, 5.74) is -0.816. The molecule has 0 saturated carbocycles. The van der Waals surface area contributed by atoms with Crippen LogP contribution in [0.4, 0.5) is 13.6 Å². The summed E-state index contributed by atoms with van der Waals surface area (Å²) in [4.78, 5) is 29.0. The first-order valence-corrected chi connectivity index (χ1v) is 7.28. The van der Waals surface area contributed by atoms with Gasteiger partial charge in [0.05, 0.1) is 7.11 Å². The van der Waals surface area contributed by atoms with Crippen LogP contribution in [-0.2, 0) is 20.8 Å². The van der Waals surface area contributed by atoms with Crippen LogP contribution in [-0.4, -0.2) is 42.9 Å². The molecule has 1 aromatic carbocycles. The number of halogens is 2. The van der Waals surface area contributed by atoms with Crippen LogP contribution in [0.1, 0.15) is 26.3 Å². The third kappa shape index (κ3) is 6.11. The largest absolute Gasteiger partial charge is 0.444 e. The molecule has 1 unspecified atom stereocenters. The summed E-state index contributed by atoms with van der Waals surface area (Å²) < 4.78 is 32.2. The Bertz CT molecular complexity index is 602. The van der Waals surface area contributed by atoms with Crippen LogP contribution in [0.2, 0.25) is 0 Å². The van der Waals surface area contributed by atoms with Crippen molar-refractivity contribution in [3.8, 4) is 0 Å². The Morgan fingerprint density at radius 1 is 1.29 bits per heavy atom. The fourth-order valence-electron chi connectivity index (χ4n) is 1.88. The number of hydrogen-bond acceptors (Lipinski definition) is 4. The van der Waals surface area contributed by atoms with E-state index in [-0.39, 0.29) is 12.0 Å². The predicted octanol–water partition coefficient (Wildman–Crippen LogP) is 2.42. The van der Waals surface area contributed by atoms with Crippen LogP contribution in [0.25, 0.3) is 0 Å². The summed E-state index contributed by atoms with van der Waals surface area (Å²) >= 11 is 0. The molecule has 0 aliphatic heterocycles. The SMILES string of the molecule is CON(C)C(=O)C(Cc1cc(F)ccc1F)NC(=O)OC(C)(C)C. The van der Waals surface area contributed by atoms with Crippen LogP contribution in [0.15, 0.2) is 18.2 Å². The summed E-state index contributed by atoms with van der Waals surface area (Å²) in [5.74, 6) is -1.96. The number of hydrogen-bond donors (Lipinski definition) is 1. The highest BCUT2D eigenvalue weighted by molar-refractivity contribution is 5.85. The number of alkyl carbamates (subject to hydrolysis) is 1. The summed E-state index contributed by atoms with van der Waals surface area (Å²) in [6.45, 7) is 4.99. The lowest BCUT2D eigenvalue weighted by Crippen LogP contribution is -2.49. The van der Waals surface area contributed by atoms with E-state index in [0.717, 1.165) is 23.3 Å². The molecule has 0 aromatic heterocycles. The maximum Gasteiger partial charge on any atom is 0.408 e. The molecule has 8 heteroatoms. The minimum absolute atomic E-state index is 0.0473. The van der Waals surface area contributed by atoms with Gasteiger partial charge >= 0.3 is 6.09 Å². The molecule has 1 N–H and O–H groups in total. The van der Waals surface area contributed by atoms with Gasteiger partial charge in [-0.25, -0.2) is 18.6 Å². The van der Waals surface area contributed by atoms with E-state index in [1.54, 1.807) is 20.8 Å². The second kappa shape index (κ2) is 8.05. The minimum atomic E-state index is -1.18. The van der Waals surface area contributed by atoms with E-state index in [1.165, 1.54) is 14.2 Å².